The molecule has 0 amide bonds. The fourth-order valence-electron chi connectivity index (χ4n) is 1.65. The fraction of sp³-hybridized carbons (Fsp3) is 0.154. The molecule has 17 heavy (non-hydrogen) atoms. The Labute approximate surface area is 105 Å². The normalized spacial score (nSPS) is 9.94. The number of hydrogen-bond donors (Lipinski definition) is 0. The van der Waals surface area contributed by atoms with Crippen LogP contribution in [0.5, 0.6) is 0 Å². The summed E-state index contributed by atoms with van der Waals surface area (Å²) < 4.78 is 5.27. The van der Waals surface area contributed by atoms with Gasteiger partial charge in [-0.1, -0.05) is 11.6 Å². The monoisotopic (exact) mass is 246 g/mol. The maximum atomic E-state index is 9.06. The first-order valence-corrected chi connectivity index (χ1v) is 5.51. The minimum atomic E-state index is 0.562. The molecule has 0 radical (unpaired) electrons. The van der Waals surface area contributed by atoms with E-state index < -0.39 is 0 Å². The van der Waals surface area contributed by atoms with Crippen molar-refractivity contribution in [3.05, 3.63) is 52.9 Å². The maximum Gasteiger partial charge on any atom is 0.123 e. The summed E-state index contributed by atoms with van der Waals surface area (Å²) in [6.07, 6.45) is 1.64. The largest absolute Gasteiger partial charge is 0.467 e. The lowest BCUT2D eigenvalue weighted by atomic mass is 10.2. The van der Waals surface area contributed by atoms with Crippen molar-refractivity contribution < 1.29 is 4.42 Å². The SMILES string of the molecule is CN(Cc1ccco1)c1ccc(Cl)cc1C#N. The molecule has 1 aromatic heterocycles. The predicted octanol–water partition coefficient (Wildman–Crippen LogP) is 3.44. The Morgan fingerprint density at radius 2 is 2.24 bits per heavy atom. The second-order valence-corrected chi connectivity index (χ2v) is 4.15. The molecule has 0 bridgehead atoms. The summed E-state index contributed by atoms with van der Waals surface area (Å²) in [7, 11) is 1.91. The first-order valence-electron chi connectivity index (χ1n) is 5.14. The molecule has 0 N–H and O–H groups in total. The summed E-state index contributed by atoms with van der Waals surface area (Å²) in [5.74, 6) is 0.853. The Morgan fingerprint density at radius 1 is 1.41 bits per heavy atom. The van der Waals surface area contributed by atoms with Crippen molar-refractivity contribution in [3.8, 4) is 6.07 Å². The van der Waals surface area contributed by atoms with Gasteiger partial charge in [0.1, 0.15) is 11.8 Å². The Kier molecular flexibility index (Phi) is 3.36. The minimum Gasteiger partial charge on any atom is -0.467 e. The number of nitrogens with zero attached hydrogens (tertiary/aromatic N) is 2. The Bertz CT molecular complexity index is 543. The summed E-state index contributed by atoms with van der Waals surface area (Å²) in [5, 5.41) is 9.63. The van der Waals surface area contributed by atoms with Crippen molar-refractivity contribution in [1.82, 2.24) is 0 Å². The van der Waals surface area contributed by atoms with E-state index >= 15 is 0 Å². The third kappa shape index (κ3) is 2.61. The van der Waals surface area contributed by atoms with Crippen molar-refractivity contribution in [1.29, 1.82) is 5.26 Å². The molecule has 4 heteroatoms. The van der Waals surface area contributed by atoms with Crippen LogP contribution in [0.4, 0.5) is 5.69 Å². The second kappa shape index (κ2) is 4.94. The van der Waals surface area contributed by atoms with E-state index in [4.69, 9.17) is 21.3 Å². The van der Waals surface area contributed by atoms with Crippen LogP contribution < -0.4 is 4.90 Å². The lowest BCUT2D eigenvalue weighted by molar-refractivity contribution is 0.507. The van der Waals surface area contributed by atoms with Crippen LogP contribution in [0.25, 0.3) is 0 Å². The van der Waals surface area contributed by atoms with E-state index in [1.54, 1.807) is 18.4 Å². The number of anilines is 1. The molecule has 0 saturated carbocycles. The van der Waals surface area contributed by atoms with E-state index in [1.165, 1.54) is 0 Å². The molecule has 3 nitrogen and oxygen atoms in total. The van der Waals surface area contributed by atoms with Crippen molar-refractivity contribution in [3.63, 3.8) is 0 Å². The van der Waals surface area contributed by atoms with Crippen molar-refractivity contribution >= 4 is 17.3 Å². The smallest absolute Gasteiger partial charge is 0.123 e. The van der Waals surface area contributed by atoms with Crippen molar-refractivity contribution in [2.75, 3.05) is 11.9 Å². The molecule has 0 unspecified atom stereocenters. The molecule has 2 rings (SSSR count). The van der Waals surface area contributed by atoms with E-state index in [1.807, 2.05) is 30.1 Å². The van der Waals surface area contributed by atoms with E-state index in [2.05, 4.69) is 6.07 Å². The maximum absolute atomic E-state index is 9.06. The highest BCUT2D eigenvalue weighted by Crippen LogP contribution is 2.24. The molecule has 0 atom stereocenters. The predicted molar refractivity (Wildman–Crippen MR) is 67.0 cm³/mol. The highest BCUT2D eigenvalue weighted by Gasteiger charge is 2.09. The lowest BCUT2D eigenvalue weighted by Gasteiger charge is -2.19. The van der Waals surface area contributed by atoms with Crippen LogP contribution in [0.3, 0.4) is 0 Å². The third-order valence-electron chi connectivity index (χ3n) is 2.46. The zero-order chi connectivity index (χ0) is 12.3. The van der Waals surface area contributed by atoms with Gasteiger partial charge in [0.15, 0.2) is 0 Å². The van der Waals surface area contributed by atoms with Crippen LogP contribution in [0.2, 0.25) is 5.02 Å². The van der Waals surface area contributed by atoms with Crippen LogP contribution in [0.1, 0.15) is 11.3 Å². The molecule has 0 aliphatic heterocycles. The number of hydrogen-bond acceptors (Lipinski definition) is 3. The van der Waals surface area contributed by atoms with Gasteiger partial charge in [-0.15, -0.1) is 0 Å². The lowest BCUT2D eigenvalue weighted by Crippen LogP contribution is -2.17. The van der Waals surface area contributed by atoms with Crippen LogP contribution in [-0.2, 0) is 6.54 Å². The molecular formula is C13H11ClN2O. The number of rotatable bonds is 3. The topological polar surface area (TPSA) is 40.2 Å². The average molecular weight is 247 g/mol. The number of halogens is 1. The molecule has 0 fully saturated rings. The molecule has 1 heterocycles. The Hall–Kier alpha value is -1.92. The summed E-state index contributed by atoms with van der Waals surface area (Å²) in [5.41, 5.74) is 1.40. The van der Waals surface area contributed by atoms with Crippen LogP contribution >= 0.6 is 11.6 Å². The molecule has 0 spiro atoms. The third-order valence-corrected chi connectivity index (χ3v) is 2.70. The highest BCUT2D eigenvalue weighted by molar-refractivity contribution is 6.30. The molecule has 2 aromatic rings. The van der Waals surface area contributed by atoms with Gasteiger partial charge in [0.2, 0.25) is 0 Å². The summed E-state index contributed by atoms with van der Waals surface area (Å²) >= 11 is 5.85. The zero-order valence-corrected chi connectivity index (χ0v) is 10.1. The van der Waals surface area contributed by atoms with Gasteiger partial charge in [-0.2, -0.15) is 5.26 Å². The molecular weight excluding hydrogens is 236 g/mol. The van der Waals surface area contributed by atoms with Crippen LogP contribution in [0.15, 0.2) is 41.0 Å². The van der Waals surface area contributed by atoms with Gasteiger partial charge in [0.05, 0.1) is 24.1 Å². The Balaban J connectivity index is 2.25. The summed E-state index contributed by atoms with van der Waals surface area (Å²) in [6, 6.07) is 11.2. The van der Waals surface area contributed by atoms with E-state index in [-0.39, 0.29) is 0 Å². The van der Waals surface area contributed by atoms with E-state index in [0.29, 0.717) is 17.1 Å². The van der Waals surface area contributed by atoms with Gasteiger partial charge in [-0.3, -0.25) is 0 Å². The van der Waals surface area contributed by atoms with Gasteiger partial charge in [0, 0.05) is 12.1 Å². The van der Waals surface area contributed by atoms with Crippen LogP contribution in [-0.4, -0.2) is 7.05 Å². The van der Waals surface area contributed by atoms with Gasteiger partial charge in [-0.25, -0.2) is 0 Å². The number of nitriles is 1. The zero-order valence-electron chi connectivity index (χ0n) is 9.35. The first-order chi connectivity index (χ1) is 8.20. The van der Waals surface area contributed by atoms with Gasteiger partial charge < -0.3 is 9.32 Å². The van der Waals surface area contributed by atoms with Gasteiger partial charge in [-0.05, 0) is 30.3 Å². The summed E-state index contributed by atoms with van der Waals surface area (Å²) in [6.45, 7) is 0.614. The molecule has 1 aromatic carbocycles. The second-order valence-electron chi connectivity index (χ2n) is 3.71. The Morgan fingerprint density at radius 3 is 2.88 bits per heavy atom. The molecule has 0 aliphatic carbocycles. The van der Waals surface area contributed by atoms with Gasteiger partial charge >= 0.3 is 0 Å². The first kappa shape index (κ1) is 11.6. The standard InChI is InChI=1S/C13H11ClN2O/c1-16(9-12-3-2-6-17-12)13-5-4-11(14)7-10(13)8-15/h2-7H,9H2,1H3. The molecule has 0 aliphatic rings. The molecule has 86 valence electrons. The van der Waals surface area contributed by atoms with Gasteiger partial charge in [0.25, 0.3) is 0 Å². The quantitative estimate of drug-likeness (QED) is 0.833. The molecule has 0 saturated heterocycles. The number of benzene rings is 1. The fourth-order valence-corrected chi connectivity index (χ4v) is 1.82. The van der Waals surface area contributed by atoms with E-state index in [9.17, 15) is 0 Å². The highest BCUT2D eigenvalue weighted by atomic mass is 35.5. The van der Waals surface area contributed by atoms with Crippen molar-refractivity contribution in [2.45, 2.75) is 6.54 Å². The van der Waals surface area contributed by atoms with Crippen molar-refractivity contribution in [2.24, 2.45) is 0 Å². The average Bonchev–Trinajstić information content (AvgIpc) is 2.81. The minimum absolute atomic E-state index is 0.562. The van der Waals surface area contributed by atoms with Crippen LogP contribution in [0, 0.1) is 11.3 Å². The number of furan rings is 1. The van der Waals surface area contributed by atoms with E-state index in [0.717, 1.165) is 11.4 Å². The summed E-state index contributed by atoms with van der Waals surface area (Å²) in [4.78, 5) is 1.95.